The van der Waals surface area contributed by atoms with Crippen LogP contribution in [0.1, 0.15) is 5.56 Å². The first kappa shape index (κ1) is 13.1. The van der Waals surface area contributed by atoms with Gasteiger partial charge in [-0.3, -0.25) is 9.69 Å². The third-order valence-electron chi connectivity index (χ3n) is 3.94. The van der Waals surface area contributed by atoms with Crippen LogP contribution >= 0.6 is 0 Å². The van der Waals surface area contributed by atoms with Crippen LogP contribution in [0.3, 0.4) is 0 Å². The summed E-state index contributed by atoms with van der Waals surface area (Å²) in [6.45, 7) is 2.61. The molecule has 1 aliphatic heterocycles. The summed E-state index contributed by atoms with van der Waals surface area (Å²) in [4.78, 5) is 16.3. The van der Waals surface area contributed by atoms with Gasteiger partial charge in [0.15, 0.2) is 0 Å². The molecule has 0 radical (unpaired) electrons. The first-order valence-electron chi connectivity index (χ1n) is 6.95. The molecule has 20 heavy (non-hydrogen) atoms. The molecule has 0 bridgehead atoms. The fourth-order valence-corrected chi connectivity index (χ4v) is 2.94. The second-order valence-electron chi connectivity index (χ2n) is 5.29. The van der Waals surface area contributed by atoms with Crippen molar-refractivity contribution in [1.29, 1.82) is 0 Å². The van der Waals surface area contributed by atoms with Crippen LogP contribution < -0.4 is 5.32 Å². The number of H-pyrrole nitrogens is 1. The van der Waals surface area contributed by atoms with Crippen molar-refractivity contribution in [2.45, 2.75) is 12.5 Å². The van der Waals surface area contributed by atoms with Gasteiger partial charge in [-0.05, 0) is 18.1 Å². The Morgan fingerprint density at radius 3 is 3.10 bits per heavy atom. The minimum Gasteiger partial charge on any atom is -0.480 e. The second kappa shape index (κ2) is 5.64. The van der Waals surface area contributed by atoms with Crippen LogP contribution in [0.25, 0.3) is 10.9 Å². The van der Waals surface area contributed by atoms with Gasteiger partial charge in [-0.25, -0.2) is 0 Å². The van der Waals surface area contributed by atoms with E-state index < -0.39 is 5.97 Å². The van der Waals surface area contributed by atoms with E-state index in [0.717, 1.165) is 31.6 Å². The number of rotatable bonds is 4. The number of aromatic amines is 1. The van der Waals surface area contributed by atoms with Gasteiger partial charge in [0, 0.05) is 42.8 Å². The van der Waals surface area contributed by atoms with Gasteiger partial charge in [0.2, 0.25) is 0 Å². The highest BCUT2D eigenvalue weighted by Crippen LogP contribution is 2.20. The van der Waals surface area contributed by atoms with Gasteiger partial charge in [0.25, 0.3) is 0 Å². The summed E-state index contributed by atoms with van der Waals surface area (Å²) in [6, 6.07) is 8.46. The average molecular weight is 273 g/mol. The maximum Gasteiger partial charge on any atom is 0.317 e. The Bertz CT molecular complexity index is 608. The Morgan fingerprint density at radius 1 is 1.40 bits per heavy atom. The fraction of sp³-hybridized carbons (Fsp3) is 0.400. The van der Waals surface area contributed by atoms with E-state index in [-0.39, 0.29) is 12.6 Å². The van der Waals surface area contributed by atoms with Crippen LogP contribution in [-0.4, -0.2) is 53.2 Å². The Hall–Kier alpha value is -1.85. The Morgan fingerprint density at radius 2 is 2.25 bits per heavy atom. The van der Waals surface area contributed by atoms with Crippen molar-refractivity contribution in [3.63, 3.8) is 0 Å². The van der Waals surface area contributed by atoms with Crippen molar-refractivity contribution in [3.05, 3.63) is 36.0 Å². The van der Waals surface area contributed by atoms with Gasteiger partial charge in [0.1, 0.15) is 0 Å². The molecule has 3 rings (SSSR count). The molecule has 1 atom stereocenters. The third-order valence-corrected chi connectivity index (χ3v) is 3.94. The number of nitrogens with zero attached hydrogens (tertiary/aromatic N) is 1. The lowest BCUT2D eigenvalue weighted by molar-refractivity contribution is -0.139. The predicted molar refractivity (Wildman–Crippen MR) is 77.9 cm³/mol. The number of para-hydroxylation sites is 1. The maximum atomic E-state index is 11.0. The molecule has 0 spiro atoms. The zero-order chi connectivity index (χ0) is 13.9. The molecule has 1 unspecified atom stereocenters. The molecule has 1 aromatic heterocycles. The summed E-state index contributed by atoms with van der Waals surface area (Å²) >= 11 is 0. The number of benzene rings is 1. The van der Waals surface area contributed by atoms with Crippen LogP contribution in [0.2, 0.25) is 0 Å². The number of nitrogens with one attached hydrogen (secondary N) is 2. The number of hydrogen-bond acceptors (Lipinski definition) is 3. The van der Waals surface area contributed by atoms with E-state index in [4.69, 9.17) is 5.11 Å². The van der Waals surface area contributed by atoms with Gasteiger partial charge < -0.3 is 15.4 Å². The number of hydrogen-bond donors (Lipinski definition) is 3. The molecule has 5 heteroatoms. The molecule has 2 aromatic rings. The molecular weight excluding hydrogens is 254 g/mol. The monoisotopic (exact) mass is 273 g/mol. The number of fused-ring (bicyclic) bond motifs is 1. The second-order valence-corrected chi connectivity index (χ2v) is 5.29. The lowest BCUT2D eigenvalue weighted by Gasteiger charge is -2.35. The number of aromatic nitrogens is 1. The highest BCUT2D eigenvalue weighted by Gasteiger charge is 2.24. The summed E-state index contributed by atoms with van der Waals surface area (Å²) in [5, 5.41) is 13.6. The number of piperazine rings is 1. The first-order valence-corrected chi connectivity index (χ1v) is 6.95. The van der Waals surface area contributed by atoms with E-state index in [9.17, 15) is 4.79 Å². The molecular formula is C15H19N3O2. The third kappa shape index (κ3) is 2.69. The zero-order valence-corrected chi connectivity index (χ0v) is 11.3. The molecule has 0 aliphatic carbocycles. The van der Waals surface area contributed by atoms with Crippen LogP contribution in [0.15, 0.2) is 30.5 Å². The molecule has 106 valence electrons. The van der Waals surface area contributed by atoms with Gasteiger partial charge >= 0.3 is 5.97 Å². The van der Waals surface area contributed by atoms with Crippen molar-refractivity contribution in [3.8, 4) is 0 Å². The Labute approximate surface area is 117 Å². The fourth-order valence-electron chi connectivity index (χ4n) is 2.94. The summed E-state index contributed by atoms with van der Waals surface area (Å²) < 4.78 is 0. The topological polar surface area (TPSA) is 68.4 Å². The number of carboxylic acids is 1. The van der Waals surface area contributed by atoms with E-state index in [1.807, 2.05) is 18.3 Å². The smallest absolute Gasteiger partial charge is 0.317 e. The van der Waals surface area contributed by atoms with Crippen molar-refractivity contribution < 1.29 is 9.90 Å². The van der Waals surface area contributed by atoms with Crippen molar-refractivity contribution in [2.75, 3.05) is 26.2 Å². The average Bonchev–Trinajstić information content (AvgIpc) is 2.84. The normalized spacial score (nSPS) is 20.3. The van der Waals surface area contributed by atoms with Gasteiger partial charge in [-0.2, -0.15) is 0 Å². The van der Waals surface area contributed by atoms with Crippen LogP contribution in [0, 0.1) is 0 Å². The van der Waals surface area contributed by atoms with Crippen molar-refractivity contribution in [1.82, 2.24) is 15.2 Å². The predicted octanol–water partition coefficient (Wildman–Crippen LogP) is 1.07. The van der Waals surface area contributed by atoms with Gasteiger partial charge in [-0.15, -0.1) is 0 Å². The number of carboxylic acid groups (broad SMARTS) is 1. The van der Waals surface area contributed by atoms with Crippen LogP contribution in [-0.2, 0) is 11.2 Å². The summed E-state index contributed by atoms with van der Waals surface area (Å²) in [6.07, 6.45) is 2.91. The molecule has 1 aromatic carbocycles. The quantitative estimate of drug-likeness (QED) is 0.779. The largest absolute Gasteiger partial charge is 0.480 e. The zero-order valence-electron chi connectivity index (χ0n) is 11.3. The number of aliphatic carboxylic acids is 1. The van der Waals surface area contributed by atoms with E-state index in [1.54, 1.807) is 0 Å². The molecule has 1 fully saturated rings. The molecule has 2 heterocycles. The molecule has 3 N–H and O–H groups in total. The van der Waals surface area contributed by atoms with E-state index in [2.05, 4.69) is 27.3 Å². The minimum absolute atomic E-state index is 0.120. The number of carbonyl (C=O) groups is 1. The Balaban J connectivity index is 1.79. The lowest BCUT2D eigenvalue weighted by Crippen LogP contribution is -2.53. The maximum absolute atomic E-state index is 11.0. The molecule has 1 aliphatic rings. The standard InChI is InChI=1S/C15H19N3O2/c19-15(20)10-18-6-5-16-9-12(18)7-11-8-17-14-4-2-1-3-13(11)14/h1-4,8,12,16-17H,5-7,9-10H2,(H,19,20). The van der Waals surface area contributed by atoms with E-state index in [1.165, 1.54) is 10.9 Å². The highest BCUT2D eigenvalue weighted by molar-refractivity contribution is 5.83. The molecule has 5 nitrogen and oxygen atoms in total. The first-order chi connectivity index (χ1) is 9.74. The minimum atomic E-state index is -0.754. The molecule has 0 saturated carbocycles. The molecule has 1 saturated heterocycles. The van der Waals surface area contributed by atoms with Crippen molar-refractivity contribution >= 4 is 16.9 Å². The van der Waals surface area contributed by atoms with Crippen LogP contribution in [0.4, 0.5) is 0 Å². The van der Waals surface area contributed by atoms with Crippen LogP contribution in [0.5, 0.6) is 0 Å². The van der Waals surface area contributed by atoms with Gasteiger partial charge in [-0.1, -0.05) is 18.2 Å². The molecule has 0 amide bonds. The van der Waals surface area contributed by atoms with E-state index >= 15 is 0 Å². The summed E-state index contributed by atoms with van der Waals surface area (Å²) in [5.74, 6) is -0.754. The SMILES string of the molecule is O=C(O)CN1CCNCC1Cc1c[nH]c2ccccc12. The van der Waals surface area contributed by atoms with E-state index in [0.29, 0.717) is 0 Å². The summed E-state index contributed by atoms with van der Waals surface area (Å²) in [7, 11) is 0. The Kier molecular flexibility index (Phi) is 3.71. The van der Waals surface area contributed by atoms with Gasteiger partial charge in [0.05, 0.1) is 6.54 Å². The highest BCUT2D eigenvalue weighted by atomic mass is 16.4. The van der Waals surface area contributed by atoms with Crippen molar-refractivity contribution in [2.24, 2.45) is 0 Å². The lowest BCUT2D eigenvalue weighted by atomic mass is 10.0. The summed E-state index contributed by atoms with van der Waals surface area (Å²) in [5.41, 5.74) is 2.39.